The molecule has 0 saturated heterocycles. The van der Waals surface area contributed by atoms with Gasteiger partial charge in [0.15, 0.2) is 0 Å². The molecule has 4 heteroatoms. The summed E-state index contributed by atoms with van der Waals surface area (Å²) in [7, 11) is 1.95. The standard InChI is InChI=1S/C14H16FNOS/c1-16-13(14-3-2-10-18-14)8-9-17-12-6-4-11(15)5-7-12/h2-7,10,13,16H,8-9H2,1H3. The van der Waals surface area contributed by atoms with Crippen LogP contribution in [0.25, 0.3) is 0 Å². The third kappa shape index (κ3) is 3.55. The van der Waals surface area contributed by atoms with Gasteiger partial charge in [0.1, 0.15) is 11.6 Å². The highest BCUT2D eigenvalue weighted by Gasteiger charge is 2.09. The minimum absolute atomic E-state index is 0.242. The summed E-state index contributed by atoms with van der Waals surface area (Å²) in [5.74, 6) is 0.464. The lowest BCUT2D eigenvalue weighted by molar-refractivity contribution is 0.291. The molecule has 0 amide bonds. The van der Waals surface area contributed by atoms with Crippen molar-refractivity contribution in [1.29, 1.82) is 0 Å². The Hall–Kier alpha value is -1.39. The molecule has 0 saturated carbocycles. The molecule has 2 aromatic rings. The Morgan fingerprint density at radius 3 is 2.67 bits per heavy atom. The second-order valence-electron chi connectivity index (χ2n) is 3.95. The van der Waals surface area contributed by atoms with Crippen molar-refractivity contribution < 1.29 is 9.13 Å². The smallest absolute Gasteiger partial charge is 0.123 e. The van der Waals surface area contributed by atoms with Gasteiger partial charge in [-0.15, -0.1) is 11.3 Å². The Labute approximate surface area is 110 Å². The highest BCUT2D eigenvalue weighted by atomic mass is 32.1. The van der Waals surface area contributed by atoms with Crippen LogP contribution >= 0.6 is 11.3 Å². The molecule has 1 unspecified atom stereocenters. The molecule has 0 radical (unpaired) electrons. The molecule has 0 aliphatic carbocycles. The van der Waals surface area contributed by atoms with Crippen molar-refractivity contribution in [3.63, 3.8) is 0 Å². The van der Waals surface area contributed by atoms with Gasteiger partial charge < -0.3 is 10.1 Å². The average molecular weight is 265 g/mol. The third-order valence-corrected chi connectivity index (χ3v) is 3.71. The minimum atomic E-state index is -0.242. The summed E-state index contributed by atoms with van der Waals surface area (Å²) >= 11 is 1.74. The van der Waals surface area contributed by atoms with Gasteiger partial charge >= 0.3 is 0 Å². The molecule has 18 heavy (non-hydrogen) atoms. The minimum Gasteiger partial charge on any atom is -0.494 e. The van der Waals surface area contributed by atoms with E-state index in [0.29, 0.717) is 18.4 Å². The number of benzene rings is 1. The van der Waals surface area contributed by atoms with E-state index in [9.17, 15) is 4.39 Å². The van der Waals surface area contributed by atoms with E-state index in [4.69, 9.17) is 4.74 Å². The van der Waals surface area contributed by atoms with Crippen LogP contribution in [0.3, 0.4) is 0 Å². The van der Waals surface area contributed by atoms with Gasteiger partial charge in [-0.2, -0.15) is 0 Å². The van der Waals surface area contributed by atoms with Gasteiger partial charge in [-0.3, -0.25) is 0 Å². The Morgan fingerprint density at radius 1 is 1.28 bits per heavy atom. The maximum absolute atomic E-state index is 12.7. The first kappa shape index (κ1) is 13.1. The van der Waals surface area contributed by atoms with Gasteiger partial charge in [0.05, 0.1) is 6.61 Å². The summed E-state index contributed by atoms with van der Waals surface area (Å²) in [5, 5.41) is 5.34. The molecule has 1 N–H and O–H groups in total. The van der Waals surface area contributed by atoms with E-state index in [0.717, 1.165) is 6.42 Å². The zero-order chi connectivity index (χ0) is 12.8. The SMILES string of the molecule is CNC(CCOc1ccc(F)cc1)c1cccs1. The second kappa shape index (κ2) is 6.52. The zero-order valence-electron chi connectivity index (χ0n) is 10.2. The fraction of sp³-hybridized carbons (Fsp3) is 0.286. The van der Waals surface area contributed by atoms with Crippen LogP contribution in [0.5, 0.6) is 5.75 Å². The first-order chi connectivity index (χ1) is 8.79. The molecule has 96 valence electrons. The van der Waals surface area contributed by atoms with E-state index in [-0.39, 0.29) is 5.82 Å². The third-order valence-electron chi connectivity index (χ3n) is 2.72. The van der Waals surface area contributed by atoms with E-state index < -0.39 is 0 Å². The van der Waals surface area contributed by atoms with Crippen molar-refractivity contribution >= 4 is 11.3 Å². The lowest BCUT2D eigenvalue weighted by atomic mass is 10.2. The summed E-state index contributed by atoms with van der Waals surface area (Å²) in [6.45, 7) is 0.606. The van der Waals surface area contributed by atoms with Crippen molar-refractivity contribution in [2.24, 2.45) is 0 Å². The van der Waals surface area contributed by atoms with E-state index in [1.807, 2.05) is 13.1 Å². The van der Waals surface area contributed by atoms with Crippen molar-refractivity contribution in [2.75, 3.05) is 13.7 Å². The van der Waals surface area contributed by atoms with Crippen LogP contribution in [0.15, 0.2) is 41.8 Å². The predicted octanol–water partition coefficient (Wildman–Crippen LogP) is 3.62. The van der Waals surface area contributed by atoms with Gasteiger partial charge in [-0.1, -0.05) is 6.07 Å². The highest BCUT2D eigenvalue weighted by Crippen LogP contribution is 2.22. The summed E-state index contributed by atoms with van der Waals surface area (Å²) in [5.41, 5.74) is 0. The number of rotatable bonds is 6. The predicted molar refractivity (Wildman–Crippen MR) is 72.6 cm³/mol. The van der Waals surface area contributed by atoms with Gasteiger partial charge in [0.25, 0.3) is 0 Å². The summed E-state index contributed by atoms with van der Waals surface area (Å²) in [6.07, 6.45) is 0.883. The van der Waals surface area contributed by atoms with Gasteiger partial charge in [-0.05, 0) is 42.8 Å². The lowest BCUT2D eigenvalue weighted by Gasteiger charge is -2.15. The molecule has 1 atom stereocenters. The van der Waals surface area contributed by atoms with Crippen molar-refractivity contribution in [1.82, 2.24) is 5.32 Å². The number of halogens is 1. The molecular formula is C14H16FNOS. The molecule has 2 nitrogen and oxygen atoms in total. The number of thiophene rings is 1. The Balaban J connectivity index is 1.82. The number of nitrogens with one attached hydrogen (secondary N) is 1. The van der Waals surface area contributed by atoms with Gasteiger partial charge in [0, 0.05) is 17.3 Å². The fourth-order valence-electron chi connectivity index (χ4n) is 1.74. The molecule has 1 aromatic heterocycles. The number of ether oxygens (including phenoxy) is 1. The van der Waals surface area contributed by atoms with Crippen LogP contribution in [-0.4, -0.2) is 13.7 Å². The summed E-state index contributed by atoms with van der Waals surface area (Å²) in [4.78, 5) is 1.31. The quantitative estimate of drug-likeness (QED) is 0.861. The average Bonchev–Trinajstić information content (AvgIpc) is 2.91. The maximum atomic E-state index is 12.7. The summed E-state index contributed by atoms with van der Waals surface area (Å²) in [6, 6.07) is 10.6. The van der Waals surface area contributed by atoms with Gasteiger partial charge in [-0.25, -0.2) is 4.39 Å². The monoisotopic (exact) mass is 265 g/mol. The molecule has 1 aromatic carbocycles. The Bertz CT molecular complexity index is 455. The molecule has 1 heterocycles. The molecular weight excluding hydrogens is 249 g/mol. The normalized spacial score (nSPS) is 12.3. The first-order valence-electron chi connectivity index (χ1n) is 5.88. The van der Waals surface area contributed by atoms with Gasteiger partial charge in [0.2, 0.25) is 0 Å². The van der Waals surface area contributed by atoms with Crippen molar-refractivity contribution in [3.8, 4) is 5.75 Å². The Kier molecular flexibility index (Phi) is 4.73. The molecule has 0 aliphatic heterocycles. The second-order valence-corrected chi connectivity index (χ2v) is 4.93. The van der Waals surface area contributed by atoms with E-state index >= 15 is 0 Å². The van der Waals surface area contributed by atoms with Crippen LogP contribution in [0.2, 0.25) is 0 Å². The van der Waals surface area contributed by atoms with Crippen LogP contribution < -0.4 is 10.1 Å². The van der Waals surface area contributed by atoms with Crippen LogP contribution in [0.1, 0.15) is 17.3 Å². The Morgan fingerprint density at radius 2 is 2.06 bits per heavy atom. The molecule has 0 bridgehead atoms. The largest absolute Gasteiger partial charge is 0.494 e. The number of hydrogen-bond acceptors (Lipinski definition) is 3. The van der Waals surface area contributed by atoms with Crippen LogP contribution in [0.4, 0.5) is 4.39 Å². The summed E-state index contributed by atoms with van der Waals surface area (Å²) < 4.78 is 18.3. The topological polar surface area (TPSA) is 21.3 Å². The zero-order valence-corrected chi connectivity index (χ0v) is 11.0. The maximum Gasteiger partial charge on any atom is 0.123 e. The van der Waals surface area contributed by atoms with E-state index in [1.165, 1.54) is 17.0 Å². The molecule has 0 spiro atoms. The lowest BCUT2D eigenvalue weighted by Crippen LogP contribution is -2.18. The van der Waals surface area contributed by atoms with E-state index in [1.54, 1.807) is 23.5 Å². The molecule has 0 fully saturated rings. The molecule has 0 aliphatic rings. The van der Waals surface area contributed by atoms with Crippen LogP contribution in [0, 0.1) is 5.82 Å². The molecule has 2 rings (SSSR count). The van der Waals surface area contributed by atoms with E-state index in [2.05, 4.69) is 16.8 Å². The fourth-order valence-corrected chi connectivity index (χ4v) is 2.62. The highest BCUT2D eigenvalue weighted by molar-refractivity contribution is 7.10. The number of hydrogen-bond donors (Lipinski definition) is 1. The van der Waals surface area contributed by atoms with Crippen LogP contribution in [-0.2, 0) is 0 Å². The van der Waals surface area contributed by atoms with Crippen molar-refractivity contribution in [2.45, 2.75) is 12.5 Å². The first-order valence-corrected chi connectivity index (χ1v) is 6.76. The van der Waals surface area contributed by atoms with Crippen molar-refractivity contribution in [3.05, 3.63) is 52.5 Å².